The molecule has 7 heteroatoms. The first-order valence-electron chi connectivity index (χ1n) is 7.28. The monoisotopic (exact) mass is 378 g/mol. The van der Waals surface area contributed by atoms with Gasteiger partial charge in [0, 0.05) is 23.2 Å². The van der Waals surface area contributed by atoms with Gasteiger partial charge in [-0.2, -0.15) is 5.10 Å². The number of fused-ring (bicyclic) bond motifs is 1. The van der Waals surface area contributed by atoms with E-state index in [2.05, 4.69) is 26.0 Å². The van der Waals surface area contributed by atoms with Crippen LogP contribution in [0.5, 0.6) is 0 Å². The number of hydrogen-bond donors (Lipinski definition) is 0. The molecule has 0 unspecified atom stereocenters. The SMILES string of the molecule is Fc1ccc(Br)c([C@H]2C[C@H](F)CN2c2ccn3nccc3n2)c1. The van der Waals surface area contributed by atoms with Crippen LogP contribution in [0.2, 0.25) is 0 Å². The average molecular weight is 379 g/mol. The molecule has 0 radical (unpaired) electrons. The van der Waals surface area contributed by atoms with Crippen molar-refractivity contribution < 1.29 is 8.78 Å². The van der Waals surface area contributed by atoms with Crippen molar-refractivity contribution in [2.24, 2.45) is 0 Å². The highest BCUT2D eigenvalue weighted by atomic mass is 79.9. The Kier molecular flexibility index (Phi) is 3.52. The van der Waals surface area contributed by atoms with E-state index < -0.39 is 6.17 Å². The van der Waals surface area contributed by atoms with Crippen molar-refractivity contribution >= 4 is 27.4 Å². The van der Waals surface area contributed by atoms with E-state index in [4.69, 9.17) is 0 Å². The molecule has 0 N–H and O–H groups in total. The van der Waals surface area contributed by atoms with E-state index in [1.807, 2.05) is 4.90 Å². The molecule has 2 aromatic heterocycles. The van der Waals surface area contributed by atoms with Crippen molar-refractivity contribution in [3.05, 3.63) is 58.6 Å². The van der Waals surface area contributed by atoms with Crippen LogP contribution < -0.4 is 4.90 Å². The van der Waals surface area contributed by atoms with Crippen LogP contribution in [0.4, 0.5) is 14.6 Å². The first-order valence-corrected chi connectivity index (χ1v) is 8.07. The number of rotatable bonds is 2. The Morgan fingerprint density at radius 3 is 2.96 bits per heavy atom. The minimum absolute atomic E-state index is 0.241. The number of aromatic nitrogens is 3. The normalized spacial score (nSPS) is 21.3. The summed E-state index contributed by atoms with van der Waals surface area (Å²) in [6.07, 6.45) is 2.79. The molecule has 0 aliphatic carbocycles. The Hall–Kier alpha value is -2.02. The van der Waals surface area contributed by atoms with Crippen molar-refractivity contribution in [2.45, 2.75) is 18.6 Å². The molecule has 0 spiro atoms. The van der Waals surface area contributed by atoms with Crippen molar-refractivity contribution in [3.63, 3.8) is 0 Å². The molecule has 118 valence electrons. The van der Waals surface area contributed by atoms with Gasteiger partial charge in [0.05, 0.1) is 18.8 Å². The summed E-state index contributed by atoms with van der Waals surface area (Å²) in [6, 6.07) is 7.83. The Morgan fingerprint density at radius 2 is 2.09 bits per heavy atom. The molecule has 3 heterocycles. The molecular formula is C16H13BrF2N4. The van der Waals surface area contributed by atoms with Crippen LogP contribution in [0.15, 0.2) is 47.2 Å². The molecule has 3 aromatic rings. The summed E-state index contributed by atoms with van der Waals surface area (Å²) in [5, 5.41) is 4.11. The fourth-order valence-corrected chi connectivity index (χ4v) is 3.58. The van der Waals surface area contributed by atoms with E-state index in [1.165, 1.54) is 12.1 Å². The standard InChI is InChI=1S/C16H13BrF2N4/c17-13-2-1-10(18)7-12(13)14-8-11(19)9-22(14)15-4-6-23-16(21-15)3-5-20-23/h1-7,11,14H,8-9H2/t11-,14+/m0/s1. The van der Waals surface area contributed by atoms with Gasteiger partial charge in [0.2, 0.25) is 0 Å². The van der Waals surface area contributed by atoms with E-state index in [0.29, 0.717) is 17.9 Å². The van der Waals surface area contributed by atoms with Gasteiger partial charge in [-0.05, 0) is 29.8 Å². The second-order valence-corrected chi connectivity index (χ2v) is 6.44. The maximum atomic E-state index is 14.1. The topological polar surface area (TPSA) is 33.4 Å². The minimum atomic E-state index is -0.974. The summed E-state index contributed by atoms with van der Waals surface area (Å²) < 4.78 is 30.1. The van der Waals surface area contributed by atoms with Crippen LogP contribution in [-0.4, -0.2) is 27.3 Å². The molecule has 4 rings (SSSR count). The van der Waals surface area contributed by atoms with Gasteiger partial charge in [-0.15, -0.1) is 0 Å². The van der Waals surface area contributed by atoms with Crippen LogP contribution in [0.1, 0.15) is 18.0 Å². The summed E-state index contributed by atoms with van der Waals surface area (Å²) in [5.74, 6) is 0.337. The number of alkyl halides is 1. The first-order chi connectivity index (χ1) is 11.1. The quantitative estimate of drug-likeness (QED) is 0.677. The maximum absolute atomic E-state index is 14.1. The number of halogens is 3. The van der Waals surface area contributed by atoms with Crippen molar-refractivity contribution in [1.29, 1.82) is 0 Å². The van der Waals surface area contributed by atoms with Crippen molar-refractivity contribution in [1.82, 2.24) is 14.6 Å². The molecule has 1 aromatic carbocycles. The van der Waals surface area contributed by atoms with E-state index in [0.717, 1.165) is 10.0 Å². The molecule has 4 nitrogen and oxygen atoms in total. The number of anilines is 1. The number of benzene rings is 1. The Bertz CT molecular complexity index is 866. The van der Waals surface area contributed by atoms with Gasteiger partial charge in [-0.3, -0.25) is 0 Å². The second-order valence-electron chi connectivity index (χ2n) is 5.59. The van der Waals surface area contributed by atoms with Gasteiger partial charge < -0.3 is 4.90 Å². The molecule has 0 amide bonds. The lowest BCUT2D eigenvalue weighted by atomic mass is 10.0. The van der Waals surface area contributed by atoms with Crippen LogP contribution in [0, 0.1) is 5.82 Å². The minimum Gasteiger partial charge on any atom is -0.346 e. The van der Waals surface area contributed by atoms with Gasteiger partial charge in [-0.1, -0.05) is 15.9 Å². The Labute approximate surface area is 139 Å². The Balaban J connectivity index is 1.77. The third-order valence-corrected chi connectivity index (χ3v) is 4.83. The highest BCUT2D eigenvalue weighted by molar-refractivity contribution is 9.10. The van der Waals surface area contributed by atoms with Gasteiger partial charge in [-0.25, -0.2) is 18.3 Å². The maximum Gasteiger partial charge on any atom is 0.157 e. The number of hydrogen-bond acceptors (Lipinski definition) is 3. The Morgan fingerprint density at radius 1 is 1.22 bits per heavy atom. The largest absolute Gasteiger partial charge is 0.346 e. The highest BCUT2D eigenvalue weighted by Gasteiger charge is 2.35. The molecular weight excluding hydrogens is 366 g/mol. The van der Waals surface area contributed by atoms with Crippen LogP contribution >= 0.6 is 15.9 Å². The molecule has 1 fully saturated rings. The van der Waals surface area contributed by atoms with Gasteiger partial charge >= 0.3 is 0 Å². The lowest BCUT2D eigenvalue weighted by Crippen LogP contribution is -2.25. The zero-order valence-electron chi connectivity index (χ0n) is 12.0. The fourth-order valence-electron chi connectivity index (χ4n) is 3.07. The molecule has 1 aliphatic rings. The fraction of sp³-hybridized carbons (Fsp3) is 0.250. The van der Waals surface area contributed by atoms with Crippen LogP contribution in [0.3, 0.4) is 0 Å². The van der Waals surface area contributed by atoms with Gasteiger partial charge in [0.15, 0.2) is 5.65 Å². The summed E-state index contributed by atoms with van der Waals surface area (Å²) in [7, 11) is 0. The van der Waals surface area contributed by atoms with Gasteiger partial charge in [0.25, 0.3) is 0 Å². The van der Waals surface area contributed by atoms with Crippen molar-refractivity contribution in [2.75, 3.05) is 11.4 Å². The second kappa shape index (κ2) is 5.56. The summed E-state index contributed by atoms with van der Waals surface area (Å²) in [5.41, 5.74) is 1.43. The zero-order valence-corrected chi connectivity index (χ0v) is 13.6. The van der Waals surface area contributed by atoms with E-state index >= 15 is 0 Å². The van der Waals surface area contributed by atoms with Crippen LogP contribution in [0.25, 0.3) is 5.65 Å². The van der Waals surface area contributed by atoms with Crippen molar-refractivity contribution in [3.8, 4) is 0 Å². The van der Waals surface area contributed by atoms with E-state index in [1.54, 1.807) is 35.1 Å². The summed E-state index contributed by atoms with van der Waals surface area (Å²) >= 11 is 3.44. The number of nitrogens with zero attached hydrogens (tertiary/aromatic N) is 4. The predicted molar refractivity (Wildman–Crippen MR) is 86.7 cm³/mol. The zero-order chi connectivity index (χ0) is 16.0. The van der Waals surface area contributed by atoms with Gasteiger partial charge in [0.1, 0.15) is 17.8 Å². The average Bonchev–Trinajstić information content (AvgIpc) is 3.15. The molecule has 0 saturated carbocycles. The third-order valence-electron chi connectivity index (χ3n) is 4.10. The predicted octanol–water partition coefficient (Wildman–Crippen LogP) is 3.92. The summed E-state index contributed by atoms with van der Waals surface area (Å²) in [4.78, 5) is 6.42. The van der Waals surface area contributed by atoms with Crippen LogP contribution in [-0.2, 0) is 0 Å². The highest BCUT2D eigenvalue weighted by Crippen LogP contribution is 2.39. The molecule has 0 bridgehead atoms. The molecule has 1 aliphatic heterocycles. The molecule has 2 atom stereocenters. The molecule has 1 saturated heterocycles. The van der Waals surface area contributed by atoms with E-state index in [9.17, 15) is 8.78 Å². The first kappa shape index (κ1) is 14.6. The summed E-state index contributed by atoms with van der Waals surface area (Å²) in [6.45, 7) is 0.241. The van der Waals surface area contributed by atoms with E-state index in [-0.39, 0.29) is 18.4 Å². The third kappa shape index (κ3) is 2.59. The lowest BCUT2D eigenvalue weighted by molar-refractivity contribution is 0.356. The smallest absolute Gasteiger partial charge is 0.157 e. The lowest BCUT2D eigenvalue weighted by Gasteiger charge is -2.26. The molecule has 23 heavy (non-hydrogen) atoms.